The second-order valence-corrected chi connectivity index (χ2v) is 8.43. The molecule has 0 aromatic heterocycles. The summed E-state index contributed by atoms with van der Waals surface area (Å²) in [4.78, 5) is 12.4. The number of esters is 1. The number of ether oxygens (including phenoxy) is 1. The lowest BCUT2D eigenvalue weighted by atomic mass is 9.66. The van der Waals surface area contributed by atoms with Gasteiger partial charge in [0.25, 0.3) is 0 Å². The molecular weight excluding hydrogens is 344 g/mol. The summed E-state index contributed by atoms with van der Waals surface area (Å²) in [6.07, 6.45) is 13.2. The van der Waals surface area contributed by atoms with Crippen molar-refractivity contribution in [2.75, 3.05) is 0 Å². The molecule has 1 aliphatic carbocycles. The van der Waals surface area contributed by atoms with Gasteiger partial charge in [0.2, 0.25) is 0 Å². The van der Waals surface area contributed by atoms with Gasteiger partial charge in [-0.25, -0.2) is 4.79 Å². The average molecular weight is 379 g/mol. The monoisotopic (exact) mass is 378 g/mol. The van der Waals surface area contributed by atoms with E-state index in [1.165, 1.54) is 69.8 Å². The van der Waals surface area contributed by atoms with Gasteiger partial charge in [-0.3, -0.25) is 0 Å². The van der Waals surface area contributed by atoms with Crippen molar-refractivity contribution < 1.29 is 9.53 Å². The van der Waals surface area contributed by atoms with Crippen molar-refractivity contribution in [2.45, 2.75) is 83.5 Å². The second kappa shape index (κ2) is 9.91. The molecule has 2 nitrogen and oxygen atoms in total. The van der Waals surface area contributed by atoms with Gasteiger partial charge in [-0.1, -0.05) is 81.7 Å². The minimum absolute atomic E-state index is 0.292. The molecule has 0 atom stereocenters. The molecule has 0 heterocycles. The van der Waals surface area contributed by atoms with Crippen molar-refractivity contribution in [3.8, 4) is 5.75 Å². The van der Waals surface area contributed by atoms with E-state index in [1.54, 1.807) is 0 Å². The lowest BCUT2D eigenvalue weighted by Gasteiger charge is -2.38. The van der Waals surface area contributed by atoms with Crippen LogP contribution >= 0.6 is 0 Å². The molecule has 0 amide bonds. The fourth-order valence-electron chi connectivity index (χ4n) is 4.53. The largest absolute Gasteiger partial charge is 0.423 e. The Morgan fingerprint density at radius 2 is 1.57 bits per heavy atom. The van der Waals surface area contributed by atoms with Crippen LogP contribution in [0.25, 0.3) is 0 Å². The van der Waals surface area contributed by atoms with E-state index in [1.807, 2.05) is 43.3 Å². The zero-order valence-electron chi connectivity index (χ0n) is 17.5. The van der Waals surface area contributed by atoms with Gasteiger partial charge in [0.15, 0.2) is 0 Å². The molecule has 0 spiro atoms. The Hall–Kier alpha value is -2.09. The van der Waals surface area contributed by atoms with Gasteiger partial charge in [0, 0.05) is 0 Å². The maximum atomic E-state index is 12.4. The predicted octanol–water partition coefficient (Wildman–Crippen LogP) is 7.39. The van der Waals surface area contributed by atoms with E-state index in [9.17, 15) is 4.79 Å². The molecule has 1 aliphatic rings. The summed E-state index contributed by atoms with van der Waals surface area (Å²) in [5.74, 6) is 0.339. The number of hydrogen-bond acceptors (Lipinski definition) is 2. The maximum Gasteiger partial charge on any atom is 0.343 e. The first-order chi connectivity index (χ1) is 13.6. The second-order valence-electron chi connectivity index (χ2n) is 8.43. The van der Waals surface area contributed by atoms with Gasteiger partial charge >= 0.3 is 5.97 Å². The van der Waals surface area contributed by atoms with Gasteiger partial charge in [-0.15, -0.1) is 0 Å². The third kappa shape index (κ3) is 5.25. The molecule has 1 saturated carbocycles. The molecule has 28 heavy (non-hydrogen) atoms. The van der Waals surface area contributed by atoms with Crippen LogP contribution in [0.5, 0.6) is 5.75 Å². The van der Waals surface area contributed by atoms with Crippen LogP contribution in [0.3, 0.4) is 0 Å². The highest BCUT2D eigenvalue weighted by molar-refractivity contribution is 5.91. The fourth-order valence-corrected chi connectivity index (χ4v) is 4.53. The van der Waals surface area contributed by atoms with Gasteiger partial charge in [0.05, 0.1) is 5.56 Å². The van der Waals surface area contributed by atoms with Crippen molar-refractivity contribution >= 4 is 5.97 Å². The lowest BCUT2D eigenvalue weighted by molar-refractivity contribution is 0.0734. The van der Waals surface area contributed by atoms with Crippen LogP contribution in [-0.4, -0.2) is 5.97 Å². The summed E-state index contributed by atoms with van der Waals surface area (Å²) in [6.45, 7) is 4.28. The molecule has 2 heteroatoms. The molecule has 0 bridgehead atoms. The molecule has 0 saturated heterocycles. The highest BCUT2D eigenvalue weighted by atomic mass is 16.5. The number of aryl methyl sites for hydroxylation is 1. The number of carbonyl (C=O) groups excluding carboxylic acids is 1. The summed E-state index contributed by atoms with van der Waals surface area (Å²) in [6, 6.07) is 15.9. The number of hydrogen-bond donors (Lipinski definition) is 0. The van der Waals surface area contributed by atoms with E-state index in [4.69, 9.17) is 4.74 Å². The number of unbranched alkanes of at least 4 members (excludes halogenated alkanes) is 3. The Kier molecular flexibility index (Phi) is 7.30. The molecule has 0 unspecified atom stereocenters. The fraction of sp³-hybridized carbons (Fsp3) is 0.500. The Labute approximate surface area is 170 Å². The van der Waals surface area contributed by atoms with Gasteiger partial charge in [0.1, 0.15) is 5.75 Å². The molecule has 1 fully saturated rings. The quantitative estimate of drug-likeness (QED) is 0.272. The zero-order chi connectivity index (χ0) is 19.8. The van der Waals surface area contributed by atoms with Crippen molar-refractivity contribution in [1.29, 1.82) is 0 Å². The highest BCUT2D eigenvalue weighted by Gasteiger charge is 2.33. The van der Waals surface area contributed by atoms with E-state index in [0.717, 1.165) is 5.56 Å². The third-order valence-corrected chi connectivity index (χ3v) is 6.28. The van der Waals surface area contributed by atoms with Crippen LogP contribution in [0, 0.1) is 6.92 Å². The van der Waals surface area contributed by atoms with Crippen LogP contribution in [0.4, 0.5) is 0 Å². The predicted molar refractivity (Wildman–Crippen MR) is 116 cm³/mol. The number of carbonyl (C=O) groups is 1. The maximum absolute atomic E-state index is 12.4. The van der Waals surface area contributed by atoms with Crippen LogP contribution < -0.4 is 4.74 Å². The molecule has 0 radical (unpaired) electrons. The molecular formula is C26H34O2. The van der Waals surface area contributed by atoms with Gasteiger partial charge in [-0.2, -0.15) is 0 Å². The van der Waals surface area contributed by atoms with Gasteiger partial charge < -0.3 is 4.74 Å². The molecule has 3 rings (SSSR count). The minimum Gasteiger partial charge on any atom is -0.423 e. The molecule has 0 N–H and O–H groups in total. The topological polar surface area (TPSA) is 26.3 Å². The summed E-state index contributed by atoms with van der Waals surface area (Å²) in [5.41, 5.74) is 3.48. The first-order valence-electron chi connectivity index (χ1n) is 11.0. The molecule has 2 aromatic carbocycles. The normalized spacial score (nSPS) is 15.9. The Morgan fingerprint density at radius 1 is 0.893 bits per heavy atom. The van der Waals surface area contributed by atoms with Crippen molar-refractivity contribution in [1.82, 2.24) is 0 Å². The number of benzene rings is 2. The first-order valence-corrected chi connectivity index (χ1v) is 11.0. The van der Waals surface area contributed by atoms with E-state index in [2.05, 4.69) is 19.1 Å². The van der Waals surface area contributed by atoms with E-state index >= 15 is 0 Å². The SMILES string of the molecule is CCCCCCC1(c2ccc(OC(=O)c3ccc(C)cc3)cc2)CCCCC1. The Morgan fingerprint density at radius 3 is 2.21 bits per heavy atom. The summed E-state index contributed by atoms with van der Waals surface area (Å²) in [5, 5.41) is 0. The van der Waals surface area contributed by atoms with Crippen LogP contribution in [0.2, 0.25) is 0 Å². The number of rotatable bonds is 8. The molecule has 150 valence electrons. The van der Waals surface area contributed by atoms with Crippen molar-refractivity contribution in [2.24, 2.45) is 0 Å². The lowest BCUT2D eigenvalue weighted by Crippen LogP contribution is -2.29. The zero-order valence-corrected chi connectivity index (χ0v) is 17.5. The van der Waals surface area contributed by atoms with E-state index in [0.29, 0.717) is 16.7 Å². The minimum atomic E-state index is -0.292. The third-order valence-electron chi connectivity index (χ3n) is 6.28. The van der Waals surface area contributed by atoms with Crippen molar-refractivity contribution in [3.63, 3.8) is 0 Å². The van der Waals surface area contributed by atoms with E-state index < -0.39 is 0 Å². The van der Waals surface area contributed by atoms with Crippen LogP contribution in [-0.2, 0) is 5.41 Å². The Bertz CT molecular complexity index is 737. The average Bonchev–Trinajstić information content (AvgIpc) is 2.73. The highest BCUT2D eigenvalue weighted by Crippen LogP contribution is 2.43. The van der Waals surface area contributed by atoms with Crippen LogP contribution in [0.1, 0.15) is 92.6 Å². The van der Waals surface area contributed by atoms with Crippen LogP contribution in [0.15, 0.2) is 48.5 Å². The summed E-state index contributed by atoms with van der Waals surface area (Å²) in [7, 11) is 0. The van der Waals surface area contributed by atoms with E-state index in [-0.39, 0.29) is 5.97 Å². The van der Waals surface area contributed by atoms with Gasteiger partial charge in [-0.05, 0) is 61.4 Å². The smallest absolute Gasteiger partial charge is 0.343 e. The summed E-state index contributed by atoms with van der Waals surface area (Å²) >= 11 is 0. The standard InChI is InChI=1S/C26H34O2/c1-3-4-5-7-18-26(19-8-6-9-20-26)23-14-16-24(17-15-23)28-25(27)22-12-10-21(2)11-13-22/h10-17H,3-9,18-20H2,1-2H3. The van der Waals surface area contributed by atoms with Crippen molar-refractivity contribution in [3.05, 3.63) is 65.2 Å². The molecule has 2 aromatic rings. The summed E-state index contributed by atoms with van der Waals surface area (Å²) < 4.78 is 5.59. The Balaban J connectivity index is 1.68. The molecule has 0 aliphatic heterocycles. The first kappa shape index (κ1) is 20.6.